The van der Waals surface area contributed by atoms with E-state index in [1.165, 1.54) is 18.2 Å². The number of benzene rings is 1. The average Bonchev–Trinajstić information content (AvgIpc) is 2.77. The summed E-state index contributed by atoms with van der Waals surface area (Å²) in [7, 11) is 0. The van der Waals surface area contributed by atoms with Crippen molar-refractivity contribution < 1.29 is 14.6 Å². The number of non-ortho nitro benzene ring substituents is 1. The molecule has 0 radical (unpaired) electrons. The predicted molar refractivity (Wildman–Crippen MR) is 52.3 cm³/mol. The van der Waals surface area contributed by atoms with Crippen molar-refractivity contribution in [2.75, 3.05) is 0 Å². The van der Waals surface area contributed by atoms with Crippen molar-refractivity contribution >= 4 is 5.69 Å². The lowest BCUT2D eigenvalue weighted by Crippen LogP contribution is -1.88. The Balaban J connectivity index is 2.40. The maximum Gasteiger partial charge on any atom is 0.270 e. The molecule has 0 aliphatic carbocycles. The number of nitro benzene ring substituents is 1. The van der Waals surface area contributed by atoms with E-state index in [4.69, 9.17) is 9.63 Å². The fraction of sp³-hybridized carbons (Fsp3) is 0.111. The number of aliphatic hydroxyl groups excluding tert-OH is 1. The van der Waals surface area contributed by atoms with Crippen LogP contribution in [0.4, 0.5) is 5.69 Å². The smallest absolute Gasteiger partial charge is 0.270 e. The Kier molecular flexibility index (Phi) is 2.61. The molecule has 7 heteroatoms. The lowest BCUT2D eigenvalue weighted by molar-refractivity contribution is -0.384. The summed E-state index contributed by atoms with van der Waals surface area (Å²) < 4.78 is 4.83. The molecule has 1 N–H and O–H groups in total. The number of rotatable bonds is 3. The topological polar surface area (TPSA) is 102 Å². The van der Waals surface area contributed by atoms with E-state index < -0.39 is 4.92 Å². The summed E-state index contributed by atoms with van der Waals surface area (Å²) in [5.41, 5.74) is 0.391. The molecule has 2 rings (SSSR count). The van der Waals surface area contributed by atoms with E-state index in [1.54, 1.807) is 6.07 Å². The molecule has 0 aliphatic heterocycles. The lowest BCUT2D eigenvalue weighted by atomic mass is 10.2. The monoisotopic (exact) mass is 221 g/mol. The molecule has 0 saturated heterocycles. The Morgan fingerprint density at radius 1 is 1.50 bits per heavy atom. The molecule has 0 fully saturated rings. The highest BCUT2D eigenvalue weighted by Crippen LogP contribution is 2.22. The zero-order chi connectivity index (χ0) is 11.5. The summed E-state index contributed by atoms with van der Waals surface area (Å²) in [6.07, 6.45) is 0. The van der Waals surface area contributed by atoms with Crippen molar-refractivity contribution in [3.8, 4) is 11.5 Å². The van der Waals surface area contributed by atoms with E-state index in [1.807, 2.05) is 0 Å². The molecule has 82 valence electrons. The summed E-state index contributed by atoms with van der Waals surface area (Å²) in [6, 6.07) is 5.83. The minimum absolute atomic E-state index is 0.0544. The van der Waals surface area contributed by atoms with Gasteiger partial charge in [0, 0.05) is 17.7 Å². The van der Waals surface area contributed by atoms with Crippen LogP contribution in [0.15, 0.2) is 28.8 Å². The van der Waals surface area contributed by atoms with Crippen molar-refractivity contribution in [1.82, 2.24) is 10.1 Å². The number of aliphatic hydroxyl groups is 1. The molecule has 1 aromatic carbocycles. The first kappa shape index (κ1) is 10.2. The van der Waals surface area contributed by atoms with Gasteiger partial charge in [0.1, 0.15) is 6.61 Å². The Hall–Kier alpha value is -2.28. The van der Waals surface area contributed by atoms with Crippen LogP contribution >= 0.6 is 0 Å². The van der Waals surface area contributed by atoms with Crippen molar-refractivity contribution in [3.05, 3.63) is 40.2 Å². The van der Waals surface area contributed by atoms with Crippen LogP contribution in [0.5, 0.6) is 0 Å². The number of hydrogen-bond acceptors (Lipinski definition) is 6. The zero-order valence-electron chi connectivity index (χ0n) is 8.03. The second kappa shape index (κ2) is 4.07. The summed E-state index contributed by atoms with van der Waals surface area (Å²) in [4.78, 5) is 13.9. The van der Waals surface area contributed by atoms with Crippen LogP contribution in [0.25, 0.3) is 11.5 Å². The van der Waals surface area contributed by atoms with Crippen molar-refractivity contribution in [2.45, 2.75) is 6.61 Å². The maximum atomic E-state index is 10.5. The minimum atomic E-state index is -0.507. The van der Waals surface area contributed by atoms with E-state index in [-0.39, 0.29) is 24.0 Å². The van der Waals surface area contributed by atoms with Crippen LogP contribution in [0, 0.1) is 10.1 Å². The van der Waals surface area contributed by atoms with Crippen LogP contribution < -0.4 is 0 Å². The highest BCUT2D eigenvalue weighted by molar-refractivity contribution is 5.57. The maximum absolute atomic E-state index is 10.5. The van der Waals surface area contributed by atoms with Crippen molar-refractivity contribution in [2.24, 2.45) is 0 Å². The molecule has 2 aromatic rings. The van der Waals surface area contributed by atoms with Crippen molar-refractivity contribution in [3.63, 3.8) is 0 Å². The summed E-state index contributed by atoms with van der Waals surface area (Å²) >= 11 is 0. The fourth-order valence-electron chi connectivity index (χ4n) is 1.19. The van der Waals surface area contributed by atoms with Gasteiger partial charge in [-0.05, 0) is 6.07 Å². The Labute approximate surface area is 89.5 Å². The molecule has 0 unspecified atom stereocenters. The van der Waals surface area contributed by atoms with Gasteiger partial charge in [-0.25, -0.2) is 0 Å². The van der Waals surface area contributed by atoms with Gasteiger partial charge in [0.2, 0.25) is 0 Å². The Morgan fingerprint density at radius 3 is 2.94 bits per heavy atom. The zero-order valence-corrected chi connectivity index (χ0v) is 8.03. The lowest BCUT2D eigenvalue weighted by Gasteiger charge is -1.93. The molecule has 0 atom stereocenters. The van der Waals surface area contributed by atoms with E-state index in [2.05, 4.69) is 10.1 Å². The van der Waals surface area contributed by atoms with Gasteiger partial charge in [0.25, 0.3) is 11.6 Å². The summed E-state index contributed by atoms with van der Waals surface area (Å²) in [6.45, 7) is -0.335. The normalized spacial score (nSPS) is 10.3. The third kappa shape index (κ3) is 1.89. The molecule has 1 aromatic heterocycles. The molecular weight excluding hydrogens is 214 g/mol. The third-order valence-corrected chi connectivity index (χ3v) is 1.91. The van der Waals surface area contributed by atoms with Gasteiger partial charge in [-0.2, -0.15) is 4.98 Å². The highest BCUT2D eigenvalue weighted by atomic mass is 16.6. The van der Waals surface area contributed by atoms with Gasteiger partial charge < -0.3 is 9.63 Å². The first-order valence-corrected chi connectivity index (χ1v) is 4.39. The first-order chi connectivity index (χ1) is 7.70. The van der Waals surface area contributed by atoms with Gasteiger partial charge in [-0.1, -0.05) is 11.2 Å². The van der Waals surface area contributed by atoms with E-state index in [9.17, 15) is 10.1 Å². The molecule has 7 nitrogen and oxygen atoms in total. The van der Waals surface area contributed by atoms with E-state index >= 15 is 0 Å². The molecule has 0 bridgehead atoms. The van der Waals surface area contributed by atoms with Crippen LogP contribution in [-0.4, -0.2) is 20.2 Å². The van der Waals surface area contributed by atoms with Crippen LogP contribution in [0.2, 0.25) is 0 Å². The van der Waals surface area contributed by atoms with Gasteiger partial charge in [0.05, 0.1) is 4.92 Å². The van der Waals surface area contributed by atoms with Crippen LogP contribution in [-0.2, 0) is 6.61 Å². The standard InChI is InChI=1S/C9H7N3O4/c13-5-8-10-9(16-11-8)6-2-1-3-7(4-6)12(14)15/h1-4,13H,5H2. The number of nitro groups is 1. The first-order valence-electron chi connectivity index (χ1n) is 4.39. The molecule has 0 saturated carbocycles. The number of hydrogen-bond donors (Lipinski definition) is 1. The largest absolute Gasteiger partial charge is 0.388 e. The Morgan fingerprint density at radius 2 is 2.31 bits per heavy atom. The summed E-state index contributed by atoms with van der Waals surface area (Å²) in [5.74, 6) is 0.286. The van der Waals surface area contributed by atoms with Crippen molar-refractivity contribution in [1.29, 1.82) is 0 Å². The number of nitrogens with zero attached hydrogens (tertiary/aromatic N) is 3. The number of aromatic nitrogens is 2. The highest BCUT2D eigenvalue weighted by Gasteiger charge is 2.12. The van der Waals surface area contributed by atoms with E-state index in [0.29, 0.717) is 5.56 Å². The fourth-order valence-corrected chi connectivity index (χ4v) is 1.19. The SMILES string of the molecule is O=[N+]([O-])c1cccc(-c2nc(CO)no2)c1. The van der Waals surface area contributed by atoms with Gasteiger partial charge in [-0.15, -0.1) is 0 Å². The molecule has 0 amide bonds. The Bertz CT molecular complexity index is 523. The summed E-state index contributed by atoms with van der Waals surface area (Å²) in [5, 5.41) is 22.8. The quantitative estimate of drug-likeness (QED) is 0.615. The molecule has 1 heterocycles. The predicted octanol–water partition coefficient (Wildman–Crippen LogP) is 1.14. The molecule has 0 aliphatic rings. The molecule has 16 heavy (non-hydrogen) atoms. The second-order valence-corrected chi connectivity index (χ2v) is 2.98. The average molecular weight is 221 g/mol. The molecular formula is C9H7N3O4. The van der Waals surface area contributed by atoms with Gasteiger partial charge >= 0.3 is 0 Å². The second-order valence-electron chi connectivity index (χ2n) is 2.98. The van der Waals surface area contributed by atoms with Gasteiger partial charge in [-0.3, -0.25) is 10.1 Å². The molecule has 0 spiro atoms. The van der Waals surface area contributed by atoms with Crippen LogP contribution in [0.3, 0.4) is 0 Å². The van der Waals surface area contributed by atoms with Gasteiger partial charge in [0.15, 0.2) is 5.82 Å². The third-order valence-electron chi connectivity index (χ3n) is 1.91. The van der Waals surface area contributed by atoms with E-state index in [0.717, 1.165) is 0 Å². The minimum Gasteiger partial charge on any atom is -0.388 e. The van der Waals surface area contributed by atoms with Crippen LogP contribution in [0.1, 0.15) is 5.82 Å².